The standard InChI is InChI=1S/C15H12ClN3OS/c1-8-11(17)7-13(21-8)15(20)19-12-5-4-10(16)9-3-2-6-18-14(9)12/h2-7H,17H2,1H3,(H,19,20). The van der Waals surface area contributed by atoms with Crippen molar-refractivity contribution in [1.29, 1.82) is 0 Å². The summed E-state index contributed by atoms with van der Waals surface area (Å²) in [6.45, 7) is 1.88. The Labute approximate surface area is 130 Å². The lowest BCUT2D eigenvalue weighted by Gasteiger charge is -2.08. The first-order valence-corrected chi connectivity index (χ1v) is 7.46. The van der Waals surface area contributed by atoms with Crippen molar-refractivity contribution >= 4 is 51.1 Å². The molecule has 1 amide bonds. The lowest BCUT2D eigenvalue weighted by atomic mass is 10.2. The number of nitrogen functional groups attached to an aromatic ring is 1. The van der Waals surface area contributed by atoms with E-state index in [1.165, 1.54) is 11.3 Å². The predicted molar refractivity (Wildman–Crippen MR) is 88.2 cm³/mol. The minimum absolute atomic E-state index is 0.200. The van der Waals surface area contributed by atoms with E-state index in [1.807, 2.05) is 19.1 Å². The summed E-state index contributed by atoms with van der Waals surface area (Å²) >= 11 is 7.51. The first-order valence-electron chi connectivity index (χ1n) is 6.27. The number of halogens is 1. The lowest BCUT2D eigenvalue weighted by molar-refractivity contribution is 0.103. The summed E-state index contributed by atoms with van der Waals surface area (Å²) in [4.78, 5) is 18.1. The zero-order chi connectivity index (χ0) is 15.0. The van der Waals surface area contributed by atoms with Crippen LogP contribution in [-0.4, -0.2) is 10.9 Å². The van der Waals surface area contributed by atoms with Crippen molar-refractivity contribution in [2.24, 2.45) is 0 Å². The van der Waals surface area contributed by atoms with Gasteiger partial charge < -0.3 is 11.1 Å². The van der Waals surface area contributed by atoms with Crippen molar-refractivity contribution in [2.45, 2.75) is 6.92 Å². The molecule has 4 nitrogen and oxygen atoms in total. The number of amides is 1. The third kappa shape index (κ3) is 2.57. The van der Waals surface area contributed by atoms with Gasteiger partial charge in [-0.1, -0.05) is 11.6 Å². The van der Waals surface area contributed by atoms with Crippen molar-refractivity contribution in [3.05, 3.63) is 51.3 Å². The molecule has 2 heterocycles. The minimum Gasteiger partial charge on any atom is -0.398 e. The van der Waals surface area contributed by atoms with Crippen LogP contribution >= 0.6 is 22.9 Å². The molecule has 0 fully saturated rings. The number of benzene rings is 1. The molecule has 0 bridgehead atoms. The highest BCUT2D eigenvalue weighted by Gasteiger charge is 2.13. The number of nitrogens with one attached hydrogen (secondary N) is 1. The first-order chi connectivity index (χ1) is 10.1. The molecule has 6 heteroatoms. The second kappa shape index (κ2) is 5.35. The van der Waals surface area contributed by atoms with Gasteiger partial charge in [-0.05, 0) is 37.3 Å². The summed E-state index contributed by atoms with van der Waals surface area (Å²) in [7, 11) is 0. The van der Waals surface area contributed by atoms with Gasteiger partial charge >= 0.3 is 0 Å². The molecule has 3 rings (SSSR count). The van der Waals surface area contributed by atoms with Crippen molar-refractivity contribution in [3.8, 4) is 0 Å². The Morgan fingerprint density at radius 2 is 2.19 bits per heavy atom. The van der Waals surface area contributed by atoms with Gasteiger partial charge in [-0.3, -0.25) is 9.78 Å². The van der Waals surface area contributed by atoms with Crippen LogP contribution in [0.4, 0.5) is 11.4 Å². The van der Waals surface area contributed by atoms with Gasteiger partial charge in [-0.15, -0.1) is 11.3 Å². The quantitative estimate of drug-likeness (QED) is 0.748. The largest absolute Gasteiger partial charge is 0.398 e. The fourth-order valence-corrected chi connectivity index (χ4v) is 3.08. The van der Waals surface area contributed by atoms with E-state index < -0.39 is 0 Å². The molecule has 21 heavy (non-hydrogen) atoms. The number of pyridine rings is 1. The van der Waals surface area contributed by atoms with E-state index in [1.54, 1.807) is 24.4 Å². The number of fused-ring (bicyclic) bond motifs is 1. The summed E-state index contributed by atoms with van der Waals surface area (Å²) in [6, 6.07) is 8.85. The monoisotopic (exact) mass is 317 g/mol. The highest BCUT2D eigenvalue weighted by molar-refractivity contribution is 7.14. The summed E-state index contributed by atoms with van der Waals surface area (Å²) in [5.74, 6) is -0.200. The van der Waals surface area contributed by atoms with Gasteiger partial charge in [0.15, 0.2) is 0 Å². The molecule has 0 radical (unpaired) electrons. The molecule has 106 valence electrons. The topological polar surface area (TPSA) is 68.0 Å². The van der Waals surface area contributed by atoms with E-state index in [-0.39, 0.29) is 5.91 Å². The van der Waals surface area contributed by atoms with Gasteiger partial charge in [0.2, 0.25) is 0 Å². The third-order valence-corrected chi connectivity index (χ3v) is 4.54. The van der Waals surface area contributed by atoms with Crippen molar-refractivity contribution in [3.63, 3.8) is 0 Å². The van der Waals surface area contributed by atoms with Crippen LogP contribution < -0.4 is 11.1 Å². The first kappa shape index (κ1) is 13.9. The Balaban J connectivity index is 1.98. The number of hydrogen-bond donors (Lipinski definition) is 2. The van der Waals surface area contributed by atoms with Crippen LogP contribution in [0.3, 0.4) is 0 Å². The van der Waals surface area contributed by atoms with Gasteiger partial charge in [0.05, 0.1) is 21.1 Å². The van der Waals surface area contributed by atoms with Crippen molar-refractivity contribution < 1.29 is 4.79 Å². The number of hydrogen-bond acceptors (Lipinski definition) is 4. The molecule has 0 spiro atoms. The minimum atomic E-state index is -0.200. The van der Waals surface area contributed by atoms with Crippen LogP contribution in [-0.2, 0) is 0 Å². The smallest absolute Gasteiger partial charge is 0.265 e. The molecule has 1 aromatic carbocycles. The molecular formula is C15H12ClN3OS. The Kier molecular flexibility index (Phi) is 3.53. The Morgan fingerprint density at radius 3 is 2.90 bits per heavy atom. The highest BCUT2D eigenvalue weighted by atomic mass is 35.5. The zero-order valence-corrected chi connectivity index (χ0v) is 12.8. The highest BCUT2D eigenvalue weighted by Crippen LogP contribution is 2.29. The van der Waals surface area contributed by atoms with E-state index in [9.17, 15) is 4.79 Å². The fourth-order valence-electron chi connectivity index (χ4n) is 2.03. The Morgan fingerprint density at radius 1 is 1.38 bits per heavy atom. The second-order valence-corrected chi connectivity index (χ2v) is 6.23. The van der Waals surface area contributed by atoms with Gasteiger partial charge in [0, 0.05) is 22.1 Å². The number of aromatic nitrogens is 1. The van der Waals surface area contributed by atoms with E-state index in [2.05, 4.69) is 10.3 Å². The molecule has 2 aromatic heterocycles. The molecule has 0 saturated carbocycles. The van der Waals surface area contributed by atoms with Crippen LogP contribution in [0.15, 0.2) is 36.5 Å². The second-order valence-electron chi connectivity index (χ2n) is 4.57. The molecule has 0 saturated heterocycles. The average molecular weight is 318 g/mol. The molecule has 0 aliphatic rings. The summed E-state index contributed by atoms with van der Waals surface area (Å²) < 4.78 is 0. The van der Waals surface area contributed by atoms with Crippen LogP contribution in [0.5, 0.6) is 0 Å². The van der Waals surface area contributed by atoms with E-state index in [0.29, 0.717) is 26.8 Å². The maximum Gasteiger partial charge on any atom is 0.265 e. The van der Waals surface area contributed by atoms with E-state index >= 15 is 0 Å². The number of carbonyl (C=O) groups excluding carboxylic acids is 1. The van der Waals surface area contributed by atoms with Crippen LogP contribution in [0, 0.1) is 6.92 Å². The molecular weight excluding hydrogens is 306 g/mol. The lowest BCUT2D eigenvalue weighted by Crippen LogP contribution is -2.10. The number of aryl methyl sites for hydroxylation is 1. The van der Waals surface area contributed by atoms with Crippen LogP contribution in [0.1, 0.15) is 14.5 Å². The van der Waals surface area contributed by atoms with Crippen LogP contribution in [0.25, 0.3) is 10.9 Å². The van der Waals surface area contributed by atoms with Gasteiger partial charge in [0.1, 0.15) is 0 Å². The maximum absolute atomic E-state index is 12.3. The van der Waals surface area contributed by atoms with Crippen LogP contribution in [0.2, 0.25) is 5.02 Å². The van der Waals surface area contributed by atoms with E-state index in [0.717, 1.165) is 10.3 Å². The number of rotatable bonds is 2. The van der Waals surface area contributed by atoms with Gasteiger partial charge in [-0.25, -0.2) is 0 Å². The Hall–Kier alpha value is -2.11. The SMILES string of the molecule is Cc1sc(C(=O)Nc2ccc(Cl)c3cccnc23)cc1N. The average Bonchev–Trinajstić information content (AvgIpc) is 2.82. The molecule has 0 aliphatic carbocycles. The third-order valence-electron chi connectivity index (χ3n) is 3.14. The predicted octanol–water partition coefficient (Wildman–Crippen LogP) is 4.09. The molecule has 3 N–H and O–H groups in total. The zero-order valence-electron chi connectivity index (χ0n) is 11.2. The summed E-state index contributed by atoms with van der Waals surface area (Å²) in [6.07, 6.45) is 1.67. The normalized spacial score (nSPS) is 10.8. The molecule has 0 atom stereocenters. The van der Waals surface area contributed by atoms with Gasteiger partial charge in [0.25, 0.3) is 5.91 Å². The maximum atomic E-state index is 12.3. The van der Waals surface area contributed by atoms with Crippen molar-refractivity contribution in [1.82, 2.24) is 4.98 Å². The summed E-state index contributed by atoms with van der Waals surface area (Å²) in [5, 5.41) is 4.27. The molecule has 0 unspecified atom stereocenters. The van der Waals surface area contributed by atoms with Crippen molar-refractivity contribution in [2.75, 3.05) is 11.1 Å². The summed E-state index contributed by atoms with van der Waals surface area (Å²) in [5.41, 5.74) is 7.71. The molecule has 3 aromatic rings. The fraction of sp³-hybridized carbons (Fsp3) is 0.0667. The van der Waals surface area contributed by atoms with Gasteiger partial charge in [-0.2, -0.15) is 0 Å². The number of carbonyl (C=O) groups is 1. The number of nitrogens with two attached hydrogens (primary N) is 1. The Bertz CT molecular complexity index is 825. The van der Waals surface area contributed by atoms with E-state index in [4.69, 9.17) is 17.3 Å². The number of nitrogens with zero attached hydrogens (tertiary/aromatic N) is 1. The number of thiophene rings is 1. The molecule has 0 aliphatic heterocycles. The number of anilines is 2.